The van der Waals surface area contributed by atoms with Gasteiger partial charge in [0.05, 0.1) is 13.0 Å². The van der Waals surface area contributed by atoms with Crippen LogP contribution in [0, 0.1) is 20.8 Å². The molecule has 0 radical (unpaired) electrons. The molecule has 1 aromatic carbocycles. The molecule has 5 heteroatoms. The van der Waals surface area contributed by atoms with Gasteiger partial charge in [-0.1, -0.05) is 18.2 Å². The van der Waals surface area contributed by atoms with Gasteiger partial charge < -0.3 is 19.8 Å². The standard InChI is InChI=1S/C20H24N2O3/c1-12-6-5-7-16-15(10-21-19(12)16)9-18(23)22-11-20(4,24)17-8-13(2)25-14(17)3/h5-8,10,21,24H,9,11H2,1-4H3,(H,22,23). The quantitative estimate of drug-likeness (QED) is 0.667. The van der Waals surface area contributed by atoms with Crippen LogP contribution in [0.3, 0.4) is 0 Å². The van der Waals surface area contributed by atoms with E-state index in [0.717, 1.165) is 27.8 Å². The van der Waals surface area contributed by atoms with E-state index < -0.39 is 5.60 Å². The summed E-state index contributed by atoms with van der Waals surface area (Å²) in [6, 6.07) is 7.84. The lowest BCUT2D eigenvalue weighted by Crippen LogP contribution is -2.39. The number of aromatic nitrogens is 1. The van der Waals surface area contributed by atoms with Crippen molar-refractivity contribution >= 4 is 16.8 Å². The van der Waals surface area contributed by atoms with Crippen LogP contribution in [0.4, 0.5) is 0 Å². The van der Waals surface area contributed by atoms with Gasteiger partial charge in [0.1, 0.15) is 17.1 Å². The van der Waals surface area contributed by atoms with E-state index in [1.165, 1.54) is 0 Å². The van der Waals surface area contributed by atoms with Gasteiger partial charge in [0.2, 0.25) is 5.91 Å². The van der Waals surface area contributed by atoms with E-state index in [2.05, 4.69) is 10.3 Å². The number of carbonyl (C=O) groups is 1. The van der Waals surface area contributed by atoms with E-state index in [1.807, 2.05) is 51.2 Å². The van der Waals surface area contributed by atoms with Gasteiger partial charge in [0.15, 0.2) is 0 Å². The maximum absolute atomic E-state index is 12.3. The minimum Gasteiger partial charge on any atom is -0.466 e. The Morgan fingerprint density at radius 3 is 2.76 bits per heavy atom. The number of para-hydroxylation sites is 1. The Kier molecular flexibility index (Phi) is 4.43. The molecular weight excluding hydrogens is 316 g/mol. The molecule has 0 aliphatic rings. The van der Waals surface area contributed by atoms with Crippen LogP contribution < -0.4 is 5.32 Å². The summed E-state index contributed by atoms with van der Waals surface area (Å²) in [4.78, 5) is 15.6. The molecule has 5 nitrogen and oxygen atoms in total. The zero-order valence-electron chi connectivity index (χ0n) is 15.1. The van der Waals surface area contributed by atoms with E-state index in [9.17, 15) is 9.90 Å². The van der Waals surface area contributed by atoms with Gasteiger partial charge in [-0.3, -0.25) is 4.79 Å². The third kappa shape index (κ3) is 3.46. The van der Waals surface area contributed by atoms with E-state index in [0.29, 0.717) is 11.3 Å². The molecule has 0 bridgehead atoms. The number of fused-ring (bicyclic) bond motifs is 1. The first-order valence-electron chi connectivity index (χ1n) is 8.40. The van der Waals surface area contributed by atoms with E-state index in [4.69, 9.17) is 4.42 Å². The SMILES string of the molecule is Cc1cc(C(C)(O)CNC(=O)Cc2c[nH]c3c(C)cccc23)c(C)o1. The Labute approximate surface area is 147 Å². The second kappa shape index (κ2) is 6.41. The van der Waals surface area contributed by atoms with Crippen LogP contribution in [0.1, 0.15) is 35.1 Å². The van der Waals surface area contributed by atoms with Crippen LogP contribution in [-0.4, -0.2) is 22.5 Å². The highest BCUT2D eigenvalue weighted by Gasteiger charge is 2.28. The number of aliphatic hydroxyl groups is 1. The summed E-state index contributed by atoms with van der Waals surface area (Å²) in [5.41, 5.74) is 2.69. The topological polar surface area (TPSA) is 78.3 Å². The molecule has 0 saturated heterocycles. The molecule has 2 heterocycles. The number of aryl methyl sites for hydroxylation is 3. The molecule has 3 N–H and O–H groups in total. The number of nitrogens with one attached hydrogen (secondary N) is 2. The number of benzene rings is 1. The van der Waals surface area contributed by atoms with Gasteiger partial charge in [-0.05, 0) is 44.9 Å². The summed E-state index contributed by atoms with van der Waals surface area (Å²) in [5.74, 6) is 1.29. The number of H-pyrrole nitrogens is 1. The first kappa shape index (κ1) is 17.3. The minimum absolute atomic E-state index is 0.124. The van der Waals surface area contributed by atoms with Crippen molar-refractivity contribution in [2.24, 2.45) is 0 Å². The Hall–Kier alpha value is -2.53. The van der Waals surface area contributed by atoms with Crippen LogP contribution in [0.15, 0.2) is 34.9 Å². The zero-order valence-corrected chi connectivity index (χ0v) is 15.1. The van der Waals surface area contributed by atoms with Crippen molar-refractivity contribution in [2.45, 2.75) is 39.7 Å². The predicted molar refractivity (Wildman–Crippen MR) is 97.5 cm³/mol. The van der Waals surface area contributed by atoms with Crippen molar-refractivity contribution in [1.82, 2.24) is 10.3 Å². The van der Waals surface area contributed by atoms with Crippen LogP contribution >= 0.6 is 0 Å². The predicted octanol–water partition coefficient (Wildman–Crippen LogP) is 3.25. The summed E-state index contributed by atoms with van der Waals surface area (Å²) in [5, 5.41) is 14.6. The first-order valence-corrected chi connectivity index (χ1v) is 8.40. The number of furan rings is 1. The van der Waals surface area contributed by atoms with Crippen LogP contribution in [0.25, 0.3) is 10.9 Å². The third-order valence-electron chi connectivity index (χ3n) is 4.61. The highest BCUT2D eigenvalue weighted by Crippen LogP contribution is 2.26. The molecule has 0 aliphatic heterocycles. The molecule has 2 aromatic heterocycles. The molecule has 0 aliphatic carbocycles. The smallest absolute Gasteiger partial charge is 0.224 e. The van der Waals surface area contributed by atoms with Crippen molar-refractivity contribution in [2.75, 3.05) is 6.54 Å². The second-order valence-corrected chi connectivity index (χ2v) is 6.87. The second-order valence-electron chi connectivity index (χ2n) is 6.87. The van der Waals surface area contributed by atoms with Crippen molar-refractivity contribution in [3.8, 4) is 0 Å². The summed E-state index contributed by atoms with van der Waals surface area (Å²) < 4.78 is 5.48. The van der Waals surface area contributed by atoms with Crippen molar-refractivity contribution in [1.29, 1.82) is 0 Å². The van der Waals surface area contributed by atoms with Gasteiger partial charge >= 0.3 is 0 Å². The lowest BCUT2D eigenvalue weighted by molar-refractivity contribution is -0.121. The summed E-state index contributed by atoms with van der Waals surface area (Å²) in [6.07, 6.45) is 2.14. The van der Waals surface area contributed by atoms with E-state index in [1.54, 1.807) is 6.92 Å². The molecule has 3 rings (SSSR count). The number of hydrogen-bond acceptors (Lipinski definition) is 3. The Bertz CT molecular complexity index is 918. The normalized spacial score (nSPS) is 13.8. The highest BCUT2D eigenvalue weighted by molar-refractivity contribution is 5.90. The molecule has 1 amide bonds. The number of hydrogen-bond donors (Lipinski definition) is 3. The van der Waals surface area contributed by atoms with E-state index >= 15 is 0 Å². The van der Waals surface area contributed by atoms with Gasteiger partial charge in [-0.2, -0.15) is 0 Å². The Morgan fingerprint density at radius 1 is 1.32 bits per heavy atom. The Morgan fingerprint density at radius 2 is 2.08 bits per heavy atom. The van der Waals surface area contributed by atoms with Crippen LogP contribution in [-0.2, 0) is 16.8 Å². The molecule has 0 fully saturated rings. The zero-order chi connectivity index (χ0) is 18.2. The first-order chi connectivity index (χ1) is 11.8. The monoisotopic (exact) mass is 340 g/mol. The molecule has 1 unspecified atom stereocenters. The number of carbonyl (C=O) groups excluding carboxylic acids is 1. The minimum atomic E-state index is -1.17. The summed E-state index contributed by atoms with van der Waals surface area (Å²) in [6.45, 7) is 7.50. The molecule has 0 saturated carbocycles. The maximum atomic E-state index is 12.3. The number of amides is 1. The molecule has 25 heavy (non-hydrogen) atoms. The fourth-order valence-electron chi connectivity index (χ4n) is 3.28. The summed E-state index contributed by atoms with van der Waals surface area (Å²) in [7, 11) is 0. The number of aromatic amines is 1. The average molecular weight is 340 g/mol. The van der Waals surface area contributed by atoms with Gasteiger partial charge in [-0.25, -0.2) is 0 Å². The molecule has 132 valence electrons. The molecular formula is C20H24N2O3. The highest BCUT2D eigenvalue weighted by atomic mass is 16.3. The Balaban J connectivity index is 1.68. The molecule has 1 atom stereocenters. The van der Waals surface area contributed by atoms with Gasteiger partial charge in [0.25, 0.3) is 0 Å². The van der Waals surface area contributed by atoms with Gasteiger partial charge in [0, 0.05) is 22.7 Å². The molecule has 0 spiro atoms. The molecule has 3 aromatic rings. The number of rotatable bonds is 5. The maximum Gasteiger partial charge on any atom is 0.224 e. The van der Waals surface area contributed by atoms with Crippen molar-refractivity contribution in [3.63, 3.8) is 0 Å². The van der Waals surface area contributed by atoms with Crippen molar-refractivity contribution in [3.05, 3.63) is 58.7 Å². The lowest BCUT2D eigenvalue weighted by Gasteiger charge is -2.23. The van der Waals surface area contributed by atoms with E-state index in [-0.39, 0.29) is 18.9 Å². The van der Waals surface area contributed by atoms with Gasteiger partial charge in [-0.15, -0.1) is 0 Å². The third-order valence-corrected chi connectivity index (χ3v) is 4.61. The lowest BCUT2D eigenvalue weighted by atomic mass is 9.96. The average Bonchev–Trinajstić information content (AvgIpc) is 3.10. The fraction of sp³-hybridized carbons (Fsp3) is 0.350. The van der Waals surface area contributed by atoms with Crippen LogP contribution in [0.2, 0.25) is 0 Å². The van der Waals surface area contributed by atoms with Crippen molar-refractivity contribution < 1.29 is 14.3 Å². The fourth-order valence-corrected chi connectivity index (χ4v) is 3.28. The summed E-state index contributed by atoms with van der Waals surface area (Å²) >= 11 is 0. The largest absolute Gasteiger partial charge is 0.466 e. The van der Waals surface area contributed by atoms with Crippen LogP contribution in [0.5, 0.6) is 0 Å².